The van der Waals surface area contributed by atoms with Crippen molar-refractivity contribution in [2.75, 3.05) is 13.1 Å². The molecule has 5 nitrogen and oxygen atoms in total. The van der Waals surface area contributed by atoms with Crippen LogP contribution in [-0.4, -0.2) is 35.3 Å². The summed E-state index contributed by atoms with van der Waals surface area (Å²) in [5.74, 6) is 0.190. The fourth-order valence-electron chi connectivity index (χ4n) is 2.17. The summed E-state index contributed by atoms with van der Waals surface area (Å²) in [7, 11) is 0. The summed E-state index contributed by atoms with van der Waals surface area (Å²) < 4.78 is 0. The molecule has 0 saturated carbocycles. The maximum absolute atomic E-state index is 11.9. The number of nitrogens with zero attached hydrogens (tertiary/aromatic N) is 1. The van der Waals surface area contributed by atoms with Crippen LogP contribution in [0.5, 0.6) is 0 Å². The van der Waals surface area contributed by atoms with E-state index in [2.05, 4.69) is 0 Å². The van der Waals surface area contributed by atoms with E-state index in [0.717, 1.165) is 12.8 Å². The van der Waals surface area contributed by atoms with Crippen LogP contribution in [0.4, 0.5) is 0 Å². The molecule has 0 unspecified atom stereocenters. The third-order valence-electron chi connectivity index (χ3n) is 3.06. The summed E-state index contributed by atoms with van der Waals surface area (Å²) in [6.45, 7) is 5.13. The number of hydrogen-bond donors (Lipinski definition) is 2. The van der Waals surface area contributed by atoms with Crippen LogP contribution >= 0.6 is 0 Å². The number of carbonyl (C=O) groups excluding carboxylic acids is 2. The van der Waals surface area contributed by atoms with Crippen molar-refractivity contribution in [3.05, 3.63) is 0 Å². The molecular formula is C12H23N3O2. The van der Waals surface area contributed by atoms with E-state index in [1.807, 2.05) is 18.7 Å². The normalized spacial score (nSPS) is 18.2. The number of nitrogens with two attached hydrogens (primary N) is 2. The van der Waals surface area contributed by atoms with Gasteiger partial charge in [0, 0.05) is 31.5 Å². The van der Waals surface area contributed by atoms with Gasteiger partial charge < -0.3 is 16.4 Å². The van der Waals surface area contributed by atoms with E-state index in [1.54, 1.807) is 0 Å². The van der Waals surface area contributed by atoms with Crippen LogP contribution in [0, 0.1) is 5.92 Å². The molecule has 1 aliphatic heterocycles. The van der Waals surface area contributed by atoms with Crippen molar-refractivity contribution in [1.82, 2.24) is 4.90 Å². The van der Waals surface area contributed by atoms with Gasteiger partial charge in [0.1, 0.15) is 0 Å². The SMILES string of the molecule is CC(C)(N)CC(=O)N1CCC(CC(N)=O)CC1. The zero-order valence-electron chi connectivity index (χ0n) is 10.7. The van der Waals surface area contributed by atoms with Gasteiger partial charge in [-0.05, 0) is 32.6 Å². The highest BCUT2D eigenvalue weighted by Crippen LogP contribution is 2.21. The second-order valence-corrected chi connectivity index (χ2v) is 5.66. The summed E-state index contributed by atoms with van der Waals surface area (Å²) in [4.78, 5) is 24.5. The first kappa shape index (κ1) is 14.0. The Balaban J connectivity index is 2.36. The molecule has 0 aromatic heterocycles. The molecular weight excluding hydrogens is 218 g/mol. The molecule has 5 heteroatoms. The Morgan fingerprint density at radius 2 is 1.82 bits per heavy atom. The van der Waals surface area contributed by atoms with Crippen LogP contribution in [-0.2, 0) is 9.59 Å². The topological polar surface area (TPSA) is 89.4 Å². The first-order chi connectivity index (χ1) is 7.78. The molecule has 98 valence electrons. The van der Waals surface area contributed by atoms with Crippen LogP contribution in [0.3, 0.4) is 0 Å². The molecule has 17 heavy (non-hydrogen) atoms. The predicted octanol–water partition coefficient (Wildman–Crippen LogP) is 0.228. The summed E-state index contributed by atoms with van der Waals surface area (Å²) in [6.07, 6.45) is 2.53. The number of hydrogen-bond acceptors (Lipinski definition) is 3. The summed E-state index contributed by atoms with van der Waals surface area (Å²) >= 11 is 0. The lowest BCUT2D eigenvalue weighted by molar-refractivity contribution is -0.133. The molecule has 0 aliphatic carbocycles. The lowest BCUT2D eigenvalue weighted by Crippen LogP contribution is -2.44. The molecule has 0 aromatic carbocycles. The predicted molar refractivity (Wildman–Crippen MR) is 66.0 cm³/mol. The van der Waals surface area contributed by atoms with Gasteiger partial charge in [-0.25, -0.2) is 0 Å². The van der Waals surface area contributed by atoms with Gasteiger partial charge in [-0.2, -0.15) is 0 Å². The fourth-order valence-corrected chi connectivity index (χ4v) is 2.17. The average molecular weight is 241 g/mol. The Morgan fingerprint density at radius 1 is 1.29 bits per heavy atom. The molecule has 0 atom stereocenters. The van der Waals surface area contributed by atoms with E-state index in [0.29, 0.717) is 31.8 Å². The zero-order valence-corrected chi connectivity index (χ0v) is 10.7. The molecule has 0 aromatic rings. The standard InChI is InChI=1S/C12H23N3O2/c1-12(2,14)8-11(17)15-5-3-9(4-6-15)7-10(13)16/h9H,3-8,14H2,1-2H3,(H2,13,16). The summed E-state index contributed by atoms with van der Waals surface area (Å²) in [5.41, 5.74) is 10.5. The van der Waals surface area contributed by atoms with Crippen molar-refractivity contribution in [2.24, 2.45) is 17.4 Å². The smallest absolute Gasteiger partial charge is 0.224 e. The quantitative estimate of drug-likeness (QED) is 0.738. The van der Waals surface area contributed by atoms with Crippen molar-refractivity contribution < 1.29 is 9.59 Å². The summed E-state index contributed by atoms with van der Waals surface area (Å²) in [5, 5.41) is 0. The molecule has 0 bridgehead atoms. The number of rotatable bonds is 4. The molecule has 1 heterocycles. The molecule has 1 rings (SSSR count). The highest BCUT2D eigenvalue weighted by atomic mass is 16.2. The third-order valence-corrected chi connectivity index (χ3v) is 3.06. The maximum Gasteiger partial charge on any atom is 0.224 e. The van der Waals surface area contributed by atoms with Crippen molar-refractivity contribution in [3.63, 3.8) is 0 Å². The Morgan fingerprint density at radius 3 is 2.24 bits per heavy atom. The fraction of sp³-hybridized carbons (Fsp3) is 0.833. The van der Waals surface area contributed by atoms with Crippen LogP contribution in [0.25, 0.3) is 0 Å². The van der Waals surface area contributed by atoms with E-state index in [9.17, 15) is 9.59 Å². The Labute approximate surface area is 103 Å². The van der Waals surface area contributed by atoms with Gasteiger partial charge in [-0.3, -0.25) is 9.59 Å². The highest BCUT2D eigenvalue weighted by molar-refractivity contribution is 5.77. The minimum atomic E-state index is -0.457. The number of amides is 2. The van der Waals surface area contributed by atoms with Crippen molar-refractivity contribution in [3.8, 4) is 0 Å². The average Bonchev–Trinajstić information content (AvgIpc) is 2.15. The maximum atomic E-state index is 11.9. The Kier molecular flexibility index (Phi) is 4.51. The van der Waals surface area contributed by atoms with Crippen LogP contribution in [0.1, 0.15) is 39.5 Å². The largest absolute Gasteiger partial charge is 0.370 e. The molecule has 4 N–H and O–H groups in total. The van der Waals surface area contributed by atoms with Crippen LogP contribution in [0.2, 0.25) is 0 Å². The molecule has 0 spiro atoms. The van der Waals surface area contributed by atoms with Gasteiger partial charge in [0.2, 0.25) is 11.8 Å². The van der Waals surface area contributed by atoms with E-state index < -0.39 is 5.54 Å². The number of carbonyl (C=O) groups is 2. The lowest BCUT2D eigenvalue weighted by Gasteiger charge is -2.33. The molecule has 1 saturated heterocycles. The van der Waals surface area contributed by atoms with Crippen LogP contribution in [0.15, 0.2) is 0 Å². The monoisotopic (exact) mass is 241 g/mol. The van der Waals surface area contributed by atoms with Gasteiger partial charge in [-0.15, -0.1) is 0 Å². The first-order valence-electron chi connectivity index (χ1n) is 6.13. The zero-order chi connectivity index (χ0) is 13.1. The third kappa shape index (κ3) is 5.17. The Bertz CT molecular complexity index is 289. The van der Waals surface area contributed by atoms with Gasteiger partial charge in [0.15, 0.2) is 0 Å². The highest BCUT2D eigenvalue weighted by Gasteiger charge is 2.26. The molecule has 2 amide bonds. The molecule has 0 radical (unpaired) electrons. The van der Waals surface area contributed by atoms with Gasteiger partial charge in [0.05, 0.1) is 0 Å². The van der Waals surface area contributed by atoms with Gasteiger partial charge >= 0.3 is 0 Å². The van der Waals surface area contributed by atoms with E-state index in [1.165, 1.54) is 0 Å². The lowest BCUT2D eigenvalue weighted by atomic mass is 9.92. The second kappa shape index (κ2) is 5.49. The van der Waals surface area contributed by atoms with Crippen molar-refractivity contribution in [2.45, 2.75) is 45.1 Å². The molecule has 1 aliphatic rings. The van der Waals surface area contributed by atoms with Gasteiger partial charge in [-0.1, -0.05) is 0 Å². The van der Waals surface area contributed by atoms with E-state index in [-0.39, 0.29) is 11.8 Å². The van der Waals surface area contributed by atoms with Crippen molar-refractivity contribution in [1.29, 1.82) is 0 Å². The minimum absolute atomic E-state index is 0.107. The summed E-state index contributed by atoms with van der Waals surface area (Å²) in [6, 6.07) is 0. The van der Waals surface area contributed by atoms with Crippen LogP contribution < -0.4 is 11.5 Å². The van der Waals surface area contributed by atoms with E-state index in [4.69, 9.17) is 11.5 Å². The Hall–Kier alpha value is -1.10. The van der Waals surface area contributed by atoms with E-state index >= 15 is 0 Å². The number of likely N-dealkylation sites (tertiary alicyclic amines) is 1. The molecule has 1 fully saturated rings. The number of primary amides is 1. The van der Waals surface area contributed by atoms with Crippen molar-refractivity contribution >= 4 is 11.8 Å². The first-order valence-corrected chi connectivity index (χ1v) is 6.13. The second-order valence-electron chi connectivity index (χ2n) is 5.66. The minimum Gasteiger partial charge on any atom is -0.370 e. The van der Waals surface area contributed by atoms with Gasteiger partial charge in [0.25, 0.3) is 0 Å². The number of piperidine rings is 1.